The third-order valence-electron chi connectivity index (χ3n) is 7.32. The third-order valence-corrected chi connectivity index (χ3v) is 7.32. The molecule has 0 spiro atoms. The molecule has 2 heterocycles. The summed E-state index contributed by atoms with van der Waals surface area (Å²) in [5.41, 5.74) is 2.33. The van der Waals surface area contributed by atoms with Gasteiger partial charge >= 0.3 is 0 Å². The first-order valence-corrected chi connectivity index (χ1v) is 11.3. The smallest absolute Gasteiger partial charge is 0.137 e. The Bertz CT molecular complexity index is 921. The molecule has 2 aromatic rings. The molecule has 2 atom stereocenters. The van der Waals surface area contributed by atoms with Crippen LogP contribution in [0.15, 0.2) is 55.2 Å². The van der Waals surface area contributed by atoms with Crippen LogP contribution < -0.4 is 4.90 Å². The predicted octanol–water partition coefficient (Wildman–Crippen LogP) is 4.84. The summed E-state index contributed by atoms with van der Waals surface area (Å²) in [5, 5.41) is 16.2. The summed E-state index contributed by atoms with van der Waals surface area (Å²) < 4.78 is 17.1. The lowest BCUT2D eigenvalue weighted by atomic mass is 9.69. The molecule has 1 saturated heterocycles. The number of aromatic nitrogens is 3. The highest BCUT2D eigenvalue weighted by molar-refractivity contribution is 5.50. The average molecular weight is 425 g/mol. The summed E-state index contributed by atoms with van der Waals surface area (Å²) in [6.07, 6.45) is 8.76. The average Bonchev–Trinajstić information content (AvgIpc) is 3.27. The van der Waals surface area contributed by atoms with Gasteiger partial charge in [-0.3, -0.25) is 0 Å². The summed E-state index contributed by atoms with van der Waals surface area (Å²) >= 11 is 0. The van der Waals surface area contributed by atoms with Crippen molar-refractivity contribution in [1.29, 1.82) is 0 Å². The summed E-state index contributed by atoms with van der Waals surface area (Å²) in [6.45, 7) is 12.1. The van der Waals surface area contributed by atoms with Crippen molar-refractivity contribution < 1.29 is 9.50 Å². The second-order valence-corrected chi connectivity index (χ2v) is 9.29. The molecule has 1 aliphatic carbocycles. The molecule has 5 nitrogen and oxygen atoms in total. The van der Waals surface area contributed by atoms with Crippen LogP contribution in [0, 0.1) is 17.7 Å². The normalized spacial score (nSPS) is 21.2. The number of hydrogen-bond donors (Lipinski definition) is 1. The highest BCUT2D eigenvalue weighted by atomic mass is 19.1. The van der Waals surface area contributed by atoms with Gasteiger partial charge in [0, 0.05) is 24.3 Å². The lowest BCUT2D eigenvalue weighted by Gasteiger charge is -2.41. The van der Waals surface area contributed by atoms with Crippen molar-refractivity contribution >= 4 is 5.69 Å². The molecule has 1 N–H and O–H groups in total. The summed E-state index contributed by atoms with van der Waals surface area (Å²) in [5.74, 6) is -0.203. The molecule has 166 valence electrons. The van der Waals surface area contributed by atoms with E-state index >= 15 is 4.39 Å². The van der Waals surface area contributed by atoms with Crippen LogP contribution in [0.5, 0.6) is 0 Å². The van der Waals surface area contributed by atoms with E-state index in [4.69, 9.17) is 0 Å². The number of piperidine rings is 1. The van der Waals surface area contributed by atoms with Crippen molar-refractivity contribution in [2.75, 3.05) is 18.0 Å². The number of allylic oxidation sites excluding steroid dienone is 1. The van der Waals surface area contributed by atoms with Crippen LogP contribution in [-0.2, 0) is 12.1 Å². The lowest BCUT2D eigenvalue weighted by molar-refractivity contribution is -0.0644. The number of rotatable bonds is 6. The lowest BCUT2D eigenvalue weighted by Crippen LogP contribution is -2.43. The first-order valence-electron chi connectivity index (χ1n) is 11.3. The van der Waals surface area contributed by atoms with E-state index in [2.05, 4.69) is 28.1 Å². The van der Waals surface area contributed by atoms with Gasteiger partial charge in [-0.15, -0.1) is 0 Å². The zero-order valence-corrected chi connectivity index (χ0v) is 18.4. The Balaban J connectivity index is 1.64. The van der Waals surface area contributed by atoms with E-state index in [0.717, 1.165) is 57.3 Å². The van der Waals surface area contributed by atoms with Crippen molar-refractivity contribution in [3.8, 4) is 0 Å². The van der Waals surface area contributed by atoms with Crippen LogP contribution in [0.25, 0.3) is 0 Å². The van der Waals surface area contributed by atoms with Crippen LogP contribution in [0.3, 0.4) is 0 Å². The fourth-order valence-corrected chi connectivity index (χ4v) is 5.11. The molecule has 1 unspecified atom stereocenters. The minimum Gasteiger partial charge on any atom is -0.383 e. The SMILES string of the molecule is C=C1CCC([C@H](C)C(O)(Cn2cncn2)c2ccc(N3CCC(=C)CC3)cc2F)CC1. The van der Waals surface area contributed by atoms with Crippen molar-refractivity contribution in [3.63, 3.8) is 0 Å². The molecule has 6 heteroatoms. The molecule has 0 amide bonds. The van der Waals surface area contributed by atoms with Gasteiger partial charge in [0.15, 0.2) is 0 Å². The largest absolute Gasteiger partial charge is 0.383 e. The molecule has 0 bridgehead atoms. The Morgan fingerprint density at radius 2 is 1.84 bits per heavy atom. The number of benzene rings is 1. The van der Waals surface area contributed by atoms with Crippen LogP contribution in [0.2, 0.25) is 0 Å². The minimum atomic E-state index is -1.38. The van der Waals surface area contributed by atoms with Crippen molar-refractivity contribution in [2.24, 2.45) is 11.8 Å². The van der Waals surface area contributed by atoms with Crippen molar-refractivity contribution in [3.05, 3.63) is 66.5 Å². The van der Waals surface area contributed by atoms with Gasteiger partial charge in [-0.2, -0.15) is 5.10 Å². The summed E-state index contributed by atoms with van der Waals surface area (Å²) in [4.78, 5) is 6.20. The predicted molar refractivity (Wildman–Crippen MR) is 121 cm³/mol. The van der Waals surface area contributed by atoms with Crippen LogP contribution in [0.1, 0.15) is 51.0 Å². The molecule has 0 radical (unpaired) electrons. The van der Waals surface area contributed by atoms with Gasteiger partial charge in [0.2, 0.25) is 0 Å². The second kappa shape index (κ2) is 8.95. The van der Waals surface area contributed by atoms with E-state index < -0.39 is 5.60 Å². The Morgan fingerprint density at radius 3 is 2.45 bits per heavy atom. The molecule has 1 aliphatic heterocycles. The van der Waals surface area contributed by atoms with E-state index in [1.165, 1.54) is 17.5 Å². The molecule has 31 heavy (non-hydrogen) atoms. The number of hydrogen-bond acceptors (Lipinski definition) is 4. The standard InChI is InChI=1S/C25H33FN4O/c1-18-4-6-21(7-5-18)20(3)25(31,15-30-17-27-16-28-30)23-9-8-22(14-24(23)26)29-12-10-19(2)11-13-29/h8-9,14,16-17,20-21,31H,1-2,4-7,10-13,15H2,3H3/t20-,25?/m0/s1. The van der Waals surface area contributed by atoms with Crippen LogP contribution in [-0.4, -0.2) is 33.0 Å². The molecule has 1 aromatic heterocycles. The second-order valence-electron chi connectivity index (χ2n) is 9.29. The Morgan fingerprint density at radius 1 is 1.16 bits per heavy atom. The topological polar surface area (TPSA) is 54.2 Å². The van der Waals surface area contributed by atoms with Crippen LogP contribution >= 0.6 is 0 Å². The third kappa shape index (κ3) is 4.59. The van der Waals surface area contributed by atoms with E-state index in [1.807, 2.05) is 13.0 Å². The Kier molecular flexibility index (Phi) is 6.28. The molecule has 1 saturated carbocycles. The van der Waals surface area contributed by atoms with Gasteiger partial charge in [-0.1, -0.05) is 37.3 Å². The highest BCUT2D eigenvalue weighted by Gasteiger charge is 2.43. The van der Waals surface area contributed by atoms with Gasteiger partial charge in [0.1, 0.15) is 24.1 Å². The number of nitrogens with zero attached hydrogens (tertiary/aromatic N) is 4. The van der Waals surface area contributed by atoms with Gasteiger partial charge in [0.25, 0.3) is 0 Å². The first-order chi connectivity index (χ1) is 14.9. The number of aliphatic hydroxyl groups is 1. The maximum atomic E-state index is 15.5. The molecular formula is C25H33FN4O. The summed E-state index contributed by atoms with van der Waals surface area (Å²) in [7, 11) is 0. The van der Waals surface area contributed by atoms with Crippen molar-refractivity contribution in [2.45, 2.75) is 57.6 Å². The molecular weight excluding hydrogens is 391 g/mol. The Hall–Kier alpha value is -2.47. The zero-order chi connectivity index (χ0) is 22.0. The maximum Gasteiger partial charge on any atom is 0.137 e. The quantitative estimate of drug-likeness (QED) is 0.674. The Labute approximate surface area is 184 Å². The van der Waals surface area contributed by atoms with Gasteiger partial charge < -0.3 is 10.0 Å². The first kappa shape index (κ1) is 21.8. The monoisotopic (exact) mass is 424 g/mol. The van der Waals surface area contributed by atoms with Gasteiger partial charge in [0.05, 0.1) is 6.54 Å². The van der Waals surface area contributed by atoms with E-state index in [9.17, 15) is 5.11 Å². The van der Waals surface area contributed by atoms with Crippen molar-refractivity contribution in [1.82, 2.24) is 14.8 Å². The van der Waals surface area contributed by atoms with Gasteiger partial charge in [-0.05, 0) is 62.5 Å². The van der Waals surface area contributed by atoms with E-state index in [1.54, 1.807) is 23.1 Å². The minimum absolute atomic E-state index is 0.136. The molecule has 2 aliphatic rings. The van der Waals surface area contributed by atoms with E-state index in [-0.39, 0.29) is 18.3 Å². The zero-order valence-electron chi connectivity index (χ0n) is 18.4. The fourth-order valence-electron chi connectivity index (χ4n) is 5.11. The maximum absolute atomic E-state index is 15.5. The molecule has 4 rings (SSSR count). The number of halogens is 1. The highest BCUT2D eigenvalue weighted by Crippen LogP contribution is 2.43. The van der Waals surface area contributed by atoms with Gasteiger partial charge in [-0.25, -0.2) is 14.1 Å². The van der Waals surface area contributed by atoms with Crippen LogP contribution in [0.4, 0.5) is 10.1 Å². The number of anilines is 1. The summed E-state index contributed by atoms with van der Waals surface area (Å²) in [6, 6.07) is 5.28. The molecule has 1 aromatic carbocycles. The fraction of sp³-hybridized carbons (Fsp3) is 0.520. The van der Waals surface area contributed by atoms with E-state index in [0.29, 0.717) is 11.5 Å². The molecule has 2 fully saturated rings.